The van der Waals surface area contributed by atoms with E-state index >= 15 is 0 Å². The molecule has 2 N–H and O–H groups in total. The van der Waals surface area contributed by atoms with E-state index in [9.17, 15) is 0 Å². The minimum absolute atomic E-state index is 0. The Hall–Kier alpha value is -0.990. The first-order valence-corrected chi connectivity index (χ1v) is 4.38. The molecule has 3 heteroatoms. The highest BCUT2D eigenvalue weighted by Crippen LogP contribution is 2.16. The molecule has 0 unspecified atom stereocenters. The van der Waals surface area contributed by atoms with Gasteiger partial charge in [-0.15, -0.1) is 19.0 Å². The maximum atomic E-state index is 5.76. The fraction of sp³-hybridized carbons (Fsp3) is 0.273. The summed E-state index contributed by atoms with van der Waals surface area (Å²) in [6, 6.07) is 7.66. The molecule has 0 spiro atoms. The molecule has 0 aliphatic heterocycles. The summed E-state index contributed by atoms with van der Waals surface area (Å²) in [4.78, 5) is 0. The van der Waals surface area contributed by atoms with Crippen LogP contribution >= 0.6 is 12.4 Å². The van der Waals surface area contributed by atoms with Crippen molar-refractivity contribution in [3.8, 4) is 5.75 Å². The summed E-state index contributed by atoms with van der Waals surface area (Å²) in [5, 5.41) is 0. The van der Waals surface area contributed by atoms with Crippen molar-refractivity contribution < 1.29 is 4.74 Å². The lowest BCUT2D eigenvalue weighted by molar-refractivity contribution is 0.340. The number of hydrogen-bond acceptors (Lipinski definition) is 2. The highest BCUT2D eigenvalue weighted by Gasteiger charge is 2.00. The van der Waals surface area contributed by atoms with Gasteiger partial charge in [0.05, 0.1) is 6.61 Å². The van der Waals surface area contributed by atoms with E-state index < -0.39 is 0 Å². The maximum Gasteiger partial charge on any atom is 0.119 e. The first-order valence-electron chi connectivity index (χ1n) is 4.38. The van der Waals surface area contributed by atoms with Gasteiger partial charge in [0.2, 0.25) is 0 Å². The van der Waals surface area contributed by atoms with Gasteiger partial charge in [0.15, 0.2) is 0 Å². The van der Waals surface area contributed by atoms with E-state index in [1.165, 1.54) is 0 Å². The second kappa shape index (κ2) is 6.46. The SMILES string of the molecule is C=C[C@H](N)c1ccc(OCC)cc1.Cl. The molecule has 0 saturated carbocycles. The second-order valence-corrected chi connectivity index (χ2v) is 2.76. The highest BCUT2D eigenvalue weighted by molar-refractivity contribution is 5.85. The monoisotopic (exact) mass is 213 g/mol. The van der Waals surface area contributed by atoms with E-state index in [1.807, 2.05) is 31.2 Å². The highest BCUT2D eigenvalue weighted by atomic mass is 35.5. The van der Waals surface area contributed by atoms with Crippen molar-refractivity contribution >= 4 is 12.4 Å². The number of benzene rings is 1. The van der Waals surface area contributed by atoms with Gasteiger partial charge in [0.1, 0.15) is 5.75 Å². The summed E-state index contributed by atoms with van der Waals surface area (Å²) in [6.07, 6.45) is 1.72. The Kier molecular flexibility index (Phi) is 6.00. The molecule has 2 nitrogen and oxygen atoms in total. The Balaban J connectivity index is 0.00000169. The normalized spacial score (nSPS) is 11.3. The van der Waals surface area contributed by atoms with E-state index in [0.29, 0.717) is 6.61 Å². The Labute approximate surface area is 91.2 Å². The predicted octanol–water partition coefficient (Wildman–Crippen LogP) is 2.69. The van der Waals surface area contributed by atoms with Gasteiger partial charge in [-0.2, -0.15) is 0 Å². The summed E-state index contributed by atoms with van der Waals surface area (Å²) in [6.45, 7) is 6.29. The summed E-state index contributed by atoms with van der Waals surface area (Å²) in [5.74, 6) is 0.877. The van der Waals surface area contributed by atoms with E-state index in [2.05, 4.69) is 6.58 Å². The van der Waals surface area contributed by atoms with Gasteiger partial charge >= 0.3 is 0 Å². The molecule has 14 heavy (non-hydrogen) atoms. The van der Waals surface area contributed by atoms with Crippen LogP contribution in [0.25, 0.3) is 0 Å². The van der Waals surface area contributed by atoms with Crippen LogP contribution < -0.4 is 10.5 Å². The number of ether oxygens (including phenoxy) is 1. The van der Waals surface area contributed by atoms with Crippen LogP contribution in [-0.2, 0) is 0 Å². The van der Waals surface area contributed by atoms with Crippen molar-refractivity contribution in [2.24, 2.45) is 5.73 Å². The topological polar surface area (TPSA) is 35.2 Å². The molecule has 0 fully saturated rings. The zero-order chi connectivity index (χ0) is 9.68. The van der Waals surface area contributed by atoms with Crippen LogP contribution in [0.4, 0.5) is 0 Å². The lowest BCUT2D eigenvalue weighted by Crippen LogP contribution is -2.05. The van der Waals surface area contributed by atoms with E-state index in [0.717, 1.165) is 11.3 Å². The molecule has 0 amide bonds. The molecule has 0 bridgehead atoms. The van der Waals surface area contributed by atoms with Crippen molar-refractivity contribution in [3.05, 3.63) is 42.5 Å². The van der Waals surface area contributed by atoms with Gasteiger partial charge in [-0.1, -0.05) is 18.2 Å². The summed E-state index contributed by atoms with van der Waals surface area (Å²) < 4.78 is 5.31. The van der Waals surface area contributed by atoms with Crippen LogP contribution in [0.3, 0.4) is 0 Å². The van der Waals surface area contributed by atoms with Crippen LogP contribution in [0.15, 0.2) is 36.9 Å². The molecule has 1 aromatic rings. The standard InChI is InChI=1S/C11H15NO.ClH/c1-3-11(12)9-5-7-10(8-6-9)13-4-2;/h3,5-8,11H,1,4,12H2,2H3;1H/t11-;/m0./s1. The molecule has 0 saturated heterocycles. The zero-order valence-corrected chi connectivity index (χ0v) is 9.09. The quantitative estimate of drug-likeness (QED) is 0.781. The summed E-state index contributed by atoms with van der Waals surface area (Å²) in [5.41, 5.74) is 6.81. The predicted molar refractivity (Wildman–Crippen MR) is 62.0 cm³/mol. The average molecular weight is 214 g/mol. The fourth-order valence-corrected chi connectivity index (χ4v) is 1.09. The van der Waals surface area contributed by atoms with Crippen LogP contribution in [0.2, 0.25) is 0 Å². The van der Waals surface area contributed by atoms with E-state index in [1.54, 1.807) is 6.08 Å². The minimum atomic E-state index is -0.0873. The third-order valence-corrected chi connectivity index (χ3v) is 1.83. The molecule has 1 atom stereocenters. The zero-order valence-electron chi connectivity index (χ0n) is 8.27. The van der Waals surface area contributed by atoms with Crippen LogP contribution in [0.5, 0.6) is 5.75 Å². The smallest absolute Gasteiger partial charge is 0.119 e. The van der Waals surface area contributed by atoms with Gasteiger partial charge in [-0.3, -0.25) is 0 Å². The summed E-state index contributed by atoms with van der Waals surface area (Å²) in [7, 11) is 0. The Morgan fingerprint density at radius 3 is 2.43 bits per heavy atom. The molecule has 0 aliphatic carbocycles. The molecule has 1 aromatic carbocycles. The number of hydrogen-bond donors (Lipinski definition) is 1. The largest absolute Gasteiger partial charge is 0.494 e. The van der Waals surface area contributed by atoms with Gasteiger partial charge in [-0.05, 0) is 24.6 Å². The van der Waals surface area contributed by atoms with Crippen molar-refractivity contribution in [1.29, 1.82) is 0 Å². The summed E-state index contributed by atoms with van der Waals surface area (Å²) >= 11 is 0. The minimum Gasteiger partial charge on any atom is -0.494 e. The van der Waals surface area contributed by atoms with Crippen molar-refractivity contribution in [2.75, 3.05) is 6.61 Å². The van der Waals surface area contributed by atoms with Crippen LogP contribution in [0.1, 0.15) is 18.5 Å². The third kappa shape index (κ3) is 3.40. The van der Waals surface area contributed by atoms with E-state index in [4.69, 9.17) is 10.5 Å². The second-order valence-electron chi connectivity index (χ2n) is 2.76. The van der Waals surface area contributed by atoms with Crippen LogP contribution in [-0.4, -0.2) is 6.61 Å². The van der Waals surface area contributed by atoms with E-state index in [-0.39, 0.29) is 18.4 Å². The van der Waals surface area contributed by atoms with Gasteiger partial charge < -0.3 is 10.5 Å². The molecular formula is C11H16ClNO. The first kappa shape index (κ1) is 13.0. The Morgan fingerprint density at radius 1 is 1.43 bits per heavy atom. The molecule has 78 valence electrons. The molecule has 0 aliphatic rings. The average Bonchev–Trinajstić information content (AvgIpc) is 2.18. The molecule has 0 heterocycles. The van der Waals surface area contributed by atoms with Crippen molar-refractivity contribution in [3.63, 3.8) is 0 Å². The van der Waals surface area contributed by atoms with Gasteiger partial charge in [-0.25, -0.2) is 0 Å². The number of halogens is 1. The van der Waals surface area contributed by atoms with Gasteiger partial charge in [0.25, 0.3) is 0 Å². The number of nitrogens with two attached hydrogens (primary N) is 1. The molecule has 0 radical (unpaired) electrons. The van der Waals surface area contributed by atoms with Gasteiger partial charge in [0, 0.05) is 6.04 Å². The molecule has 0 aromatic heterocycles. The Bertz CT molecular complexity index is 271. The van der Waals surface area contributed by atoms with Crippen LogP contribution in [0, 0.1) is 0 Å². The molecule has 1 rings (SSSR count). The maximum absolute atomic E-state index is 5.76. The lowest BCUT2D eigenvalue weighted by atomic mass is 10.1. The lowest BCUT2D eigenvalue weighted by Gasteiger charge is -2.07. The first-order chi connectivity index (χ1) is 6.27. The number of rotatable bonds is 4. The molecular weight excluding hydrogens is 198 g/mol. The third-order valence-electron chi connectivity index (χ3n) is 1.83. The van der Waals surface area contributed by atoms with Crippen molar-refractivity contribution in [2.45, 2.75) is 13.0 Å². The fourth-order valence-electron chi connectivity index (χ4n) is 1.09. The van der Waals surface area contributed by atoms with Crippen molar-refractivity contribution in [1.82, 2.24) is 0 Å². The Morgan fingerprint density at radius 2 is 2.00 bits per heavy atom.